The van der Waals surface area contributed by atoms with E-state index in [-0.39, 0.29) is 5.82 Å². The van der Waals surface area contributed by atoms with Gasteiger partial charge < -0.3 is 10.2 Å². The lowest BCUT2D eigenvalue weighted by Crippen LogP contribution is -2.26. The highest BCUT2D eigenvalue weighted by molar-refractivity contribution is 5.20. The largest absolute Gasteiger partial charge is 0.310 e. The minimum atomic E-state index is -0.166. The van der Waals surface area contributed by atoms with E-state index in [9.17, 15) is 4.39 Å². The second kappa shape index (κ2) is 11.0. The Morgan fingerprint density at radius 2 is 1.72 bits per heavy atom. The molecule has 0 saturated carbocycles. The lowest BCUT2D eigenvalue weighted by Gasteiger charge is -2.21. The topological polar surface area (TPSA) is 15.3 Å². The quantitative estimate of drug-likeness (QED) is 0.567. The molecule has 1 atom stereocenters. The molecule has 1 unspecified atom stereocenters. The summed E-state index contributed by atoms with van der Waals surface area (Å²) in [6, 6.07) is 17.8. The minimum absolute atomic E-state index is 0.166. The van der Waals surface area contributed by atoms with E-state index in [4.69, 9.17) is 0 Å². The molecule has 2 aromatic carbocycles. The fourth-order valence-electron chi connectivity index (χ4n) is 3.09. The molecule has 0 aliphatic heterocycles. The standard InChI is InChI=1S/C22H31FN2/c1-3-4-11-22(20-12-14-21(23)15-13-20)24-16-8-17-25(2)18-19-9-6-5-7-10-19/h5-7,9-10,12-15,22,24H,3-4,8,11,16-18H2,1-2H3. The highest BCUT2D eigenvalue weighted by Gasteiger charge is 2.10. The van der Waals surface area contributed by atoms with Crippen molar-refractivity contribution in [1.29, 1.82) is 0 Å². The van der Waals surface area contributed by atoms with Gasteiger partial charge in [0.2, 0.25) is 0 Å². The molecule has 25 heavy (non-hydrogen) atoms. The van der Waals surface area contributed by atoms with Gasteiger partial charge in [-0.1, -0.05) is 62.2 Å². The van der Waals surface area contributed by atoms with Gasteiger partial charge in [-0.05, 0) is 56.2 Å². The zero-order chi connectivity index (χ0) is 17.9. The van der Waals surface area contributed by atoms with Gasteiger partial charge in [-0.15, -0.1) is 0 Å². The molecule has 0 aromatic heterocycles. The summed E-state index contributed by atoms with van der Waals surface area (Å²) in [7, 11) is 2.17. The summed E-state index contributed by atoms with van der Waals surface area (Å²) >= 11 is 0. The molecule has 2 nitrogen and oxygen atoms in total. The van der Waals surface area contributed by atoms with Crippen molar-refractivity contribution in [2.24, 2.45) is 0 Å². The fraction of sp³-hybridized carbons (Fsp3) is 0.455. The molecular weight excluding hydrogens is 311 g/mol. The van der Waals surface area contributed by atoms with Crippen LogP contribution in [0.3, 0.4) is 0 Å². The van der Waals surface area contributed by atoms with Crippen LogP contribution < -0.4 is 5.32 Å². The molecule has 0 bridgehead atoms. The summed E-state index contributed by atoms with van der Waals surface area (Å²) in [5, 5.41) is 3.66. The average molecular weight is 343 g/mol. The minimum Gasteiger partial charge on any atom is -0.310 e. The van der Waals surface area contributed by atoms with Gasteiger partial charge in [0.15, 0.2) is 0 Å². The maximum absolute atomic E-state index is 13.2. The Labute approximate surface area is 152 Å². The van der Waals surface area contributed by atoms with Crippen LogP contribution in [0.15, 0.2) is 54.6 Å². The van der Waals surface area contributed by atoms with Crippen LogP contribution in [0, 0.1) is 5.82 Å². The number of unbranched alkanes of at least 4 members (excludes halogenated alkanes) is 1. The highest BCUT2D eigenvalue weighted by atomic mass is 19.1. The summed E-state index contributed by atoms with van der Waals surface area (Å²) in [6.45, 7) is 5.23. The van der Waals surface area contributed by atoms with Crippen molar-refractivity contribution >= 4 is 0 Å². The summed E-state index contributed by atoms with van der Waals surface area (Å²) in [6.07, 6.45) is 4.57. The zero-order valence-electron chi connectivity index (χ0n) is 15.5. The van der Waals surface area contributed by atoms with Gasteiger partial charge in [0.05, 0.1) is 0 Å². The summed E-state index contributed by atoms with van der Waals surface area (Å²) < 4.78 is 13.2. The maximum atomic E-state index is 13.2. The van der Waals surface area contributed by atoms with Crippen molar-refractivity contribution in [2.75, 3.05) is 20.1 Å². The molecule has 136 valence electrons. The lowest BCUT2D eigenvalue weighted by atomic mass is 10.0. The Bertz CT molecular complexity index is 583. The van der Waals surface area contributed by atoms with Crippen molar-refractivity contribution in [2.45, 2.75) is 45.2 Å². The summed E-state index contributed by atoms with van der Waals surface area (Å²) in [4.78, 5) is 2.36. The number of nitrogens with one attached hydrogen (secondary N) is 1. The second-order valence-corrected chi connectivity index (χ2v) is 6.78. The molecule has 2 rings (SSSR count). The van der Waals surface area contributed by atoms with E-state index < -0.39 is 0 Å². The number of hydrogen-bond acceptors (Lipinski definition) is 2. The number of rotatable bonds is 11. The van der Waals surface area contributed by atoms with Gasteiger partial charge in [0.1, 0.15) is 5.82 Å². The van der Waals surface area contributed by atoms with Crippen LogP contribution in [0.2, 0.25) is 0 Å². The van der Waals surface area contributed by atoms with E-state index in [0.29, 0.717) is 6.04 Å². The molecule has 0 aliphatic rings. The van der Waals surface area contributed by atoms with Crippen LogP contribution in [-0.4, -0.2) is 25.0 Å². The Balaban J connectivity index is 1.75. The van der Waals surface area contributed by atoms with Gasteiger partial charge in [0, 0.05) is 12.6 Å². The van der Waals surface area contributed by atoms with Crippen molar-refractivity contribution in [3.8, 4) is 0 Å². The Hall–Kier alpha value is -1.71. The first kappa shape index (κ1) is 19.6. The molecule has 0 radical (unpaired) electrons. The van der Waals surface area contributed by atoms with E-state index in [2.05, 4.69) is 54.5 Å². The van der Waals surface area contributed by atoms with Crippen LogP contribution in [0.4, 0.5) is 4.39 Å². The lowest BCUT2D eigenvalue weighted by molar-refractivity contribution is 0.315. The van der Waals surface area contributed by atoms with Gasteiger partial charge >= 0.3 is 0 Å². The first-order valence-corrected chi connectivity index (χ1v) is 9.40. The first-order chi connectivity index (χ1) is 12.2. The van der Waals surface area contributed by atoms with Crippen molar-refractivity contribution in [1.82, 2.24) is 10.2 Å². The molecule has 0 fully saturated rings. The monoisotopic (exact) mass is 342 g/mol. The van der Waals surface area contributed by atoms with Crippen molar-refractivity contribution in [3.63, 3.8) is 0 Å². The Morgan fingerprint density at radius 1 is 1.00 bits per heavy atom. The smallest absolute Gasteiger partial charge is 0.123 e. The van der Waals surface area contributed by atoms with Crippen LogP contribution in [0.1, 0.15) is 49.8 Å². The molecule has 0 amide bonds. The van der Waals surface area contributed by atoms with Crippen LogP contribution in [0.5, 0.6) is 0 Å². The third-order valence-electron chi connectivity index (χ3n) is 4.52. The SMILES string of the molecule is CCCCC(NCCCN(C)Cc1ccccc1)c1ccc(F)cc1. The third kappa shape index (κ3) is 7.37. The maximum Gasteiger partial charge on any atom is 0.123 e. The fourth-order valence-corrected chi connectivity index (χ4v) is 3.09. The molecule has 0 aliphatic carbocycles. The first-order valence-electron chi connectivity index (χ1n) is 9.40. The van der Waals surface area contributed by atoms with Gasteiger partial charge in [-0.25, -0.2) is 4.39 Å². The van der Waals surface area contributed by atoms with E-state index >= 15 is 0 Å². The van der Waals surface area contributed by atoms with E-state index in [1.807, 2.05) is 12.1 Å². The van der Waals surface area contributed by atoms with E-state index in [1.165, 1.54) is 24.0 Å². The van der Waals surface area contributed by atoms with Crippen LogP contribution in [-0.2, 0) is 6.54 Å². The van der Waals surface area contributed by atoms with Crippen molar-refractivity contribution < 1.29 is 4.39 Å². The van der Waals surface area contributed by atoms with E-state index in [0.717, 1.165) is 32.5 Å². The van der Waals surface area contributed by atoms with E-state index in [1.54, 1.807) is 12.1 Å². The van der Waals surface area contributed by atoms with Crippen LogP contribution in [0.25, 0.3) is 0 Å². The molecular formula is C22H31FN2. The molecule has 2 aromatic rings. The number of halogens is 1. The Morgan fingerprint density at radius 3 is 2.40 bits per heavy atom. The average Bonchev–Trinajstić information content (AvgIpc) is 2.63. The third-order valence-corrected chi connectivity index (χ3v) is 4.52. The molecule has 0 heterocycles. The predicted octanol–water partition coefficient (Wildman–Crippen LogP) is 5.17. The summed E-state index contributed by atoms with van der Waals surface area (Å²) in [5.41, 5.74) is 2.54. The Kier molecular flexibility index (Phi) is 8.64. The highest BCUT2D eigenvalue weighted by Crippen LogP contribution is 2.19. The molecule has 0 spiro atoms. The van der Waals surface area contributed by atoms with Crippen molar-refractivity contribution in [3.05, 3.63) is 71.5 Å². The van der Waals surface area contributed by atoms with Gasteiger partial charge in [-0.3, -0.25) is 0 Å². The number of nitrogens with zero attached hydrogens (tertiary/aromatic N) is 1. The predicted molar refractivity (Wildman–Crippen MR) is 104 cm³/mol. The second-order valence-electron chi connectivity index (χ2n) is 6.78. The number of benzene rings is 2. The van der Waals surface area contributed by atoms with Gasteiger partial charge in [0.25, 0.3) is 0 Å². The zero-order valence-corrected chi connectivity index (χ0v) is 15.5. The van der Waals surface area contributed by atoms with Gasteiger partial charge in [-0.2, -0.15) is 0 Å². The summed E-state index contributed by atoms with van der Waals surface area (Å²) in [5.74, 6) is -0.166. The number of hydrogen-bond donors (Lipinski definition) is 1. The molecule has 1 N–H and O–H groups in total. The normalized spacial score (nSPS) is 12.5. The molecule has 3 heteroatoms. The molecule has 0 saturated heterocycles. The van der Waals surface area contributed by atoms with Crippen LogP contribution >= 0.6 is 0 Å².